The van der Waals surface area contributed by atoms with Crippen LogP contribution in [0, 0.1) is 6.92 Å². The maximum Gasteiger partial charge on any atom is 0.314 e. The Morgan fingerprint density at radius 2 is 2.07 bits per heavy atom. The molecule has 1 fully saturated rings. The van der Waals surface area contributed by atoms with E-state index in [1.54, 1.807) is 0 Å². The minimum atomic E-state index is -0.0583. The van der Waals surface area contributed by atoms with Crippen LogP contribution in [0.2, 0.25) is 0 Å². The third-order valence-corrected chi connectivity index (χ3v) is 5.70. The zero-order valence-corrected chi connectivity index (χ0v) is 16.8. The normalized spacial score (nSPS) is 17.9. The number of piperidine rings is 1. The molecule has 1 saturated heterocycles. The van der Waals surface area contributed by atoms with Crippen molar-refractivity contribution in [1.82, 2.24) is 20.5 Å². The van der Waals surface area contributed by atoms with Gasteiger partial charge in [0.05, 0.1) is 0 Å². The smallest absolute Gasteiger partial charge is 0.314 e. The molecular weight excluding hydrogens is 336 g/mol. The van der Waals surface area contributed by atoms with E-state index in [9.17, 15) is 4.79 Å². The monoisotopic (exact) mass is 370 g/mol. The number of carbonyl (C=O) groups is 1. The summed E-state index contributed by atoms with van der Waals surface area (Å²) in [5, 5.41) is 7.20. The van der Waals surface area contributed by atoms with Crippen LogP contribution < -0.4 is 10.6 Å². The second-order valence-corrected chi connectivity index (χ2v) is 7.88. The van der Waals surface area contributed by atoms with Gasteiger partial charge in [0.2, 0.25) is 0 Å². The number of benzene rings is 1. The largest absolute Gasteiger partial charge is 0.361 e. The number of hydrogen-bond donors (Lipinski definition) is 3. The first-order valence-electron chi connectivity index (χ1n) is 10.5. The average molecular weight is 371 g/mol. The van der Waals surface area contributed by atoms with Gasteiger partial charge in [0.1, 0.15) is 0 Å². The van der Waals surface area contributed by atoms with Gasteiger partial charge in [-0.2, -0.15) is 0 Å². The molecule has 2 heterocycles. The van der Waals surface area contributed by atoms with Crippen molar-refractivity contribution in [2.24, 2.45) is 0 Å². The Morgan fingerprint density at radius 3 is 2.93 bits per heavy atom. The first-order valence-corrected chi connectivity index (χ1v) is 10.5. The lowest BCUT2D eigenvalue weighted by molar-refractivity contribution is 0.158. The van der Waals surface area contributed by atoms with Crippen LogP contribution in [0.25, 0.3) is 10.9 Å². The van der Waals surface area contributed by atoms with Crippen LogP contribution in [0.1, 0.15) is 50.2 Å². The number of nitrogens with one attached hydrogen (secondary N) is 3. The van der Waals surface area contributed by atoms with E-state index >= 15 is 0 Å². The molecule has 0 bridgehead atoms. The lowest BCUT2D eigenvalue weighted by Crippen LogP contribution is -2.39. The molecule has 1 aliphatic rings. The molecule has 0 aliphatic carbocycles. The Kier molecular flexibility index (Phi) is 7.16. The maximum atomic E-state index is 12.0. The zero-order chi connectivity index (χ0) is 19.1. The molecule has 2 aromatic rings. The van der Waals surface area contributed by atoms with Crippen LogP contribution in [0.3, 0.4) is 0 Å². The SMILES string of the molecule is Cc1ccc2c(CCNC(=O)NCCCCN3CCCCC3C)c[nH]c2c1. The van der Waals surface area contributed by atoms with Crippen molar-refractivity contribution in [2.75, 3.05) is 26.2 Å². The second kappa shape index (κ2) is 9.79. The Labute approximate surface area is 162 Å². The highest BCUT2D eigenvalue weighted by atomic mass is 16.2. The van der Waals surface area contributed by atoms with Crippen molar-refractivity contribution in [2.45, 2.75) is 58.4 Å². The molecule has 5 heteroatoms. The van der Waals surface area contributed by atoms with E-state index in [2.05, 4.69) is 52.6 Å². The van der Waals surface area contributed by atoms with E-state index in [0.29, 0.717) is 6.54 Å². The molecule has 1 aliphatic heterocycles. The summed E-state index contributed by atoms with van der Waals surface area (Å²) in [5.41, 5.74) is 3.67. The fourth-order valence-corrected chi connectivity index (χ4v) is 4.01. The Bertz CT molecular complexity index is 739. The highest BCUT2D eigenvalue weighted by Gasteiger charge is 2.17. The molecule has 0 radical (unpaired) electrons. The lowest BCUT2D eigenvalue weighted by Gasteiger charge is -2.33. The van der Waals surface area contributed by atoms with Crippen molar-refractivity contribution in [3.05, 3.63) is 35.5 Å². The Morgan fingerprint density at radius 1 is 1.22 bits per heavy atom. The molecule has 5 nitrogen and oxygen atoms in total. The van der Waals surface area contributed by atoms with Crippen molar-refractivity contribution in [3.63, 3.8) is 0 Å². The number of aromatic amines is 1. The van der Waals surface area contributed by atoms with Crippen LogP contribution in [-0.4, -0.2) is 48.1 Å². The van der Waals surface area contributed by atoms with Crippen molar-refractivity contribution in [1.29, 1.82) is 0 Å². The molecule has 0 saturated carbocycles. The third-order valence-electron chi connectivity index (χ3n) is 5.70. The summed E-state index contributed by atoms with van der Waals surface area (Å²) in [6.07, 6.45) is 9.11. The molecule has 0 spiro atoms. The standard InChI is InChI=1S/C22H34N4O/c1-17-8-9-20-19(16-25-21(20)15-17)10-12-24-22(27)23-11-4-6-14-26-13-5-3-7-18(26)2/h8-9,15-16,18,25H,3-7,10-14H2,1-2H3,(H2,23,24,27). The van der Waals surface area contributed by atoms with Crippen LogP contribution in [0.4, 0.5) is 4.79 Å². The van der Waals surface area contributed by atoms with Gasteiger partial charge in [-0.1, -0.05) is 18.6 Å². The van der Waals surface area contributed by atoms with Gasteiger partial charge in [-0.3, -0.25) is 0 Å². The number of aryl methyl sites for hydroxylation is 1. The van der Waals surface area contributed by atoms with Gasteiger partial charge in [-0.25, -0.2) is 4.79 Å². The minimum Gasteiger partial charge on any atom is -0.361 e. The van der Waals surface area contributed by atoms with Gasteiger partial charge in [-0.15, -0.1) is 0 Å². The van der Waals surface area contributed by atoms with Gasteiger partial charge in [-0.05, 0) is 76.2 Å². The lowest BCUT2D eigenvalue weighted by atomic mass is 10.0. The molecule has 27 heavy (non-hydrogen) atoms. The van der Waals surface area contributed by atoms with Gasteiger partial charge in [0.25, 0.3) is 0 Å². The third kappa shape index (κ3) is 5.73. The van der Waals surface area contributed by atoms with E-state index in [-0.39, 0.29) is 6.03 Å². The second-order valence-electron chi connectivity index (χ2n) is 7.88. The fourth-order valence-electron chi connectivity index (χ4n) is 4.01. The molecule has 148 valence electrons. The van der Waals surface area contributed by atoms with Gasteiger partial charge >= 0.3 is 6.03 Å². The quantitative estimate of drug-likeness (QED) is 0.616. The van der Waals surface area contributed by atoms with Crippen LogP contribution in [0.15, 0.2) is 24.4 Å². The first kappa shape index (κ1) is 19.7. The predicted molar refractivity (Wildman–Crippen MR) is 112 cm³/mol. The molecule has 1 aromatic heterocycles. The summed E-state index contributed by atoms with van der Waals surface area (Å²) >= 11 is 0. The topological polar surface area (TPSA) is 60.2 Å². The van der Waals surface area contributed by atoms with Crippen molar-refractivity contribution >= 4 is 16.9 Å². The number of unbranched alkanes of at least 4 members (excludes halogenated alkanes) is 1. The molecule has 1 aromatic carbocycles. The number of nitrogens with zero attached hydrogens (tertiary/aromatic N) is 1. The number of amides is 2. The molecule has 3 N–H and O–H groups in total. The number of rotatable bonds is 8. The number of carbonyl (C=O) groups excluding carboxylic acids is 1. The Hall–Kier alpha value is -2.01. The Balaban J connectivity index is 1.28. The summed E-state index contributed by atoms with van der Waals surface area (Å²) in [5.74, 6) is 0. The summed E-state index contributed by atoms with van der Waals surface area (Å²) in [4.78, 5) is 17.9. The molecule has 1 atom stereocenters. The highest BCUT2D eigenvalue weighted by Crippen LogP contribution is 2.19. The average Bonchev–Trinajstić information content (AvgIpc) is 3.05. The summed E-state index contributed by atoms with van der Waals surface area (Å²) in [7, 11) is 0. The number of aromatic nitrogens is 1. The van der Waals surface area contributed by atoms with E-state index < -0.39 is 0 Å². The van der Waals surface area contributed by atoms with E-state index in [4.69, 9.17) is 0 Å². The van der Waals surface area contributed by atoms with E-state index in [0.717, 1.165) is 43.9 Å². The van der Waals surface area contributed by atoms with Crippen LogP contribution in [0.5, 0.6) is 0 Å². The van der Waals surface area contributed by atoms with E-state index in [1.165, 1.54) is 42.3 Å². The fraction of sp³-hybridized carbons (Fsp3) is 0.591. The van der Waals surface area contributed by atoms with Gasteiger partial charge < -0.3 is 20.5 Å². The van der Waals surface area contributed by atoms with Crippen LogP contribution in [-0.2, 0) is 6.42 Å². The van der Waals surface area contributed by atoms with Crippen molar-refractivity contribution in [3.8, 4) is 0 Å². The van der Waals surface area contributed by atoms with Gasteiger partial charge in [0.15, 0.2) is 0 Å². The molecule has 3 rings (SSSR count). The summed E-state index contributed by atoms with van der Waals surface area (Å²) < 4.78 is 0. The summed E-state index contributed by atoms with van der Waals surface area (Å²) in [6, 6.07) is 7.11. The first-order chi connectivity index (χ1) is 13.1. The number of fused-ring (bicyclic) bond motifs is 1. The molecule has 2 amide bonds. The number of hydrogen-bond acceptors (Lipinski definition) is 2. The highest BCUT2D eigenvalue weighted by molar-refractivity contribution is 5.83. The minimum absolute atomic E-state index is 0.0583. The maximum absolute atomic E-state index is 12.0. The van der Waals surface area contributed by atoms with Crippen LogP contribution >= 0.6 is 0 Å². The summed E-state index contributed by atoms with van der Waals surface area (Å²) in [6.45, 7) is 8.23. The number of H-pyrrole nitrogens is 1. The van der Waals surface area contributed by atoms with Gasteiger partial charge in [0, 0.05) is 36.2 Å². The number of urea groups is 1. The zero-order valence-electron chi connectivity index (χ0n) is 16.8. The predicted octanol–water partition coefficient (Wildman–Crippen LogP) is 3.97. The number of likely N-dealkylation sites (tertiary alicyclic amines) is 1. The van der Waals surface area contributed by atoms with Crippen molar-refractivity contribution < 1.29 is 4.79 Å². The molecular formula is C22H34N4O. The van der Waals surface area contributed by atoms with E-state index in [1.807, 2.05) is 6.20 Å². The molecule has 1 unspecified atom stereocenters.